The summed E-state index contributed by atoms with van der Waals surface area (Å²) in [6.07, 6.45) is 1.18. The first-order chi connectivity index (χ1) is 12.6. The molecule has 1 aromatic heterocycles. The van der Waals surface area contributed by atoms with Crippen LogP contribution < -0.4 is 5.32 Å². The second-order valence-corrected chi connectivity index (χ2v) is 5.88. The van der Waals surface area contributed by atoms with Crippen molar-refractivity contribution in [2.24, 2.45) is 0 Å². The number of halogens is 1. The Morgan fingerprint density at radius 3 is 2.62 bits per heavy atom. The Balaban J connectivity index is 1.59. The van der Waals surface area contributed by atoms with E-state index >= 15 is 0 Å². The third-order valence-electron chi connectivity index (χ3n) is 4.17. The number of ether oxygens (including phenoxy) is 1. The molecule has 0 spiro atoms. The Labute approximate surface area is 150 Å². The molecule has 1 N–H and O–H groups in total. The van der Waals surface area contributed by atoms with E-state index in [-0.39, 0.29) is 11.8 Å². The number of rotatable bonds is 3. The van der Waals surface area contributed by atoms with E-state index in [2.05, 4.69) is 15.2 Å². The van der Waals surface area contributed by atoms with Crippen molar-refractivity contribution < 1.29 is 18.7 Å². The number of aromatic nitrogens is 2. The first kappa shape index (κ1) is 17.7. The van der Waals surface area contributed by atoms with Crippen molar-refractivity contribution in [1.29, 1.82) is 0 Å². The molecule has 0 bridgehead atoms. The van der Waals surface area contributed by atoms with Gasteiger partial charge in [0.15, 0.2) is 0 Å². The van der Waals surface area contributed by atoms with Crippen LogP contribution in [-0.4, -0.2) is 65.0 Å². The van der Waals surface area contributed by atoms with Gasteiger partial charge in [-0.25, -0.2) is 18.7 Å². The lowest BCUT2D eigenvalue weighted by Gasteiger charge is -2.33. The highest BCUT2D eigenvalue weighted by Crippen LogP contribution is 2.13. The lowest BCUT2D eigenvalue weighted by molar-refractivity contribution is 0.0992. The van der Waals surface area contributed by atoms with Crippen molar-refractivity contribution in [3.05, 3.63) is 47.9 Å². The van der Waals surface area contributed by atoms with Crippen LogP contribution in [0.15, 0.2) is 36.5 Å². The molecule has 0 saturated carbocycles. The minimum atomic E-state index is -0.391. The normalized spacial score (nSPS) is 14.2. The van der Waals surface area contributed by atoms with Crippen molar-refractivity contribution in [3.8, 4) is 0 Å². The van der Waals surface area contributed by atoms with Crippen LogP contribution in [-0.2, 0) is 11.3 Å². The summed E-state index contributed by atoms with van der Waals surface area (Å²) in [7, 11) is 1.33. The van der Waals surface area contributed by atoms with Gasteiger partial charge in [0.25, 0.3) is 0 Å². The summed E-state index contributed by atoms with van der Waals surface area (Å²) >= 11 is 0. The third-order valence-corrected chi connectivity index (χ3v) is 4.17. The monoisotopic (exact) mass is 361 g/mol. The molecular formula is C17H20FN5O3. The molecule has 1 aliphatic rings. The lowest BCUT2D eigenvalue weighted by Crippen LogP contribution is -2.51. The van der Waals surface area contributed by atoms with E-state index < -0.39 is 6.09 Å². The summed E-state index contributed by atoms with van der Waals surface area (Å²) in [6.45, 7) is 2.01. The average molecular weight is 361 g/mol. The minimum absolute atomic E-state index is 0.268. The summed E-state index contributed by atoms with van der Waals surface area (Å²) in [6, 6.07) is 7.65. The van der Waals surface area contributed by atoms with Crippen LogP contribution >= 0.6 is 0 Å². The maximum Gasteiger partial charge on any atom is 0.409 e. The Hall–Kier alpha value is -3.10. The van der Waals surface area contributed by atoms with E-state index in [9.17, 15) is 14.0 Å². The van der Waals surface area contributed by atoms with Gasteiger partial charge in [-0.15, -0.1) is 0 Å². The molecule has 3 amide bonds. The standard InChI is InChI=1S/C17H20FN5O3/c1-26-17(25)22-9-7-21(8-10-22)16(24)20-15-5-6-19-23(15)12-13-3-2-4-14(18)11-13/h2-6,11H,7-10,12H2,1H3,(H,20,24). The van der Waals surface area contributed by atoms with E-state index in [0.717, 1.165) is 5.56 Å². The highest BCUT2D eigenvalue weighted by atomic mass is 19.1. The number of methoxy groups -OCH3 is 1. The zero-order valence-corrected chi connectivity index (χ0v) is 14.4. The predicted octanol–water partition coefficient (Wildman–Crippen LogP) is 1.99. The van der Waals surface area contributed by atoms with Crippen LogP contribution in [0.1, 0.15) is 5.56 Å². The Morgan fingerprint density at radius 2 is 1.92 bits per heavy atom. The lowest BCUT2D eigenvalue weighted by atomic mass is 10.2. The Bertz CT molecular complexity index is 786. The Morgan fingerprint density at radius 1 is 1.19 bits per heavy atom. The first-order valence-corrected chi connectivity index (χ1v) is 8.22. The van der Waals surface area contributed by atoms with Gasteiger partial charge in [-0.05, 0) is 17.7 Å². The van der Waals surface area contributed by atoms with Gasteiger partial charge < -0.3 is 14.5 Å². The number of nitrogens with zero attached hydrogens (tertiary/aromatic N) is 4. The van der Waals surface area contributed by atoms with Gasteiger partial charge in [0, 0.05) is 32.2 Å². The second kappa shape index (κ2) is 7.85. The van der Waals surface area contributed by atoms with E-state index in [0.29, 0.717) is 38.5 Å². The van der Waals surface area contributed by atoms with Crippen LogP contribution in [0.4, 0.5) is 19.8 Å². The molecule has 3 rings (SSSR count). The summed E-state index contributed by atoms with van der Waals surface area (Å²) in [4.78, 5) is 27.1. The van der Waals surface area contributed by atoms with E-state index in [1.165, 1.54) is 19.2 Å². The van der Waals surface area contributed by atoms with E-state index in [4.69, 9.17) is 0 Å². The minimum Gasteiger partial charge on any atom is -0.453 e. The van der Waals surface area contributed by atoms with Gasteiger partial charge in [-0.2, -0.15) is 5.10 Å². The molecule has 138 valence electrons. The molecule has 2 heterocycles. The van der Waals surface area contributed by atoms with Gasteiger partial charge in [0.1, 0.15) is 11.6 Å². The molecular weight excluding hydrogens is 341 g/mol. The van der Waals surface area contributed by atoms with Crippen molar-refractivity contribution >= 4 is 17.9 Å². The molecule has 2 aromatic rings. The molecule has 26 heavy (non-hydrogen) atoms. The SMILES string of the molecule is COC(=O)N1CCN(C(=O)Nc2ccnn2Cc2cccc(F)c2)CC1. The Kier molecular flexibility index (Phi) is 5.35. The fraction of sp³-hybridized carbons (Fsp3) is 0.353. The molecule has 1 aliphatic heterocycles. The number of nitrogens with one attached hydrogen (secondary N) is 1. The van der Waals surface area contributed by atoms with Crippen LogP contribution in [0.3, 0.4) is 0 Å². The molecule has 0 unspecified atom stereocenters. The van der Waals surface area contributed by atoms with Gasteiger partial charge >= 0.3 is 12.1 Å². The van der Waals surface area contributed by atoms with E-state index in [1.54, 1.807) is 38.9 Å². The number of hydrogen-bond donors (Lipinski definition) is 1. The largest absolute Gasteiger partial charge is 0.453 e. The number of carbonyl (C=O) groups is 2. The fourth-order valence-corrected chi connectivity index (χ4v) is 2.78. The molecule has 1 aromatic carbocycles. The van der Waals surface area contributed by atoms with Crippen molar-refractivity contribution in [2.45, 2.75) is 6.54 Å². The molecule has 1 fully saturated rings. The van der Waals surface area contributed by atoms with Crippen LogP contribution in [0.25, 0.3) is 0 Å². The number of anilines is 1. The average Bonchev–Trinajstić information content (AvgIpc) is 3.07. The van der Waals surface area contributed by atoms with Gasteiger partial charge in [0.05, 0.1) is 19.9 Å². The molecule has 0 radical (unpaired) electrons. The molecule has 0 atom stereocenters. The fourth-order valence-electron chi connectivity index (χ4n) is 2.78. The number of benzene rings is 1. The molecule has 0 aliphatic carbocycles. The number of piperazine rings is 1. The van der Waals surface area contributed by atoms with E-state index in [1.807, 2.05) is 0 Å². The molecule has 8 nitrogen and oxygen atoms in total. The summed E-state index contributed by atoms with van der Waals surface area (Å²) in [5, 5.41) is 6.99. The maximum absolute atomic E-state index is 13.3. The number of amides is 3. The highest BCUT2D eigenvalue weighted by molar-refractivity contribution is 5.88. The van der Waals surface area contributed by atoms with Crippen molar-refractivity contribution in [2.75, 3.05) is 38.6 Å². The smallest absolute Gasteiger partial charge is 0.409 e. The van der Waals surface area contributed by atoms with Crippen LogP contribution in [0.2, 0.25) is 0 Å². The number of urea groups is 1. The zero-order valence-electron chi connectivity index (χ0n) is 14.4. The third kappa shape index (κ3) is 4.11. The van der Waals surface area contributed by atoms with Crippen LogP contribution in [0, 0.1) is 5.82 Å². The van der Waals surface area contributed by atoms with Crippen molar-refractivity contribution in [1.82, 2.24) is 19.6 Å². The van der Waals surface area contributed by atoms with Gasteiger partial charge in [-0.3, -0.25) is 5.32 Å². The number of carbonyl (C=O) groups excluding carboxylic acids is 2. The second-order valence-electron chi connectivity index (χ2n) is 5.88. The van der Waals surface area contributed by atoms with Gasteiger partial charge in [-0.1, -0.05) is 12.1 Å². The summed E-state index contributed by atoms with van der Waals surface area (Å²) in [5.41, 5.74) is 0.746. The molecule has 1 saturated heterocycles. The van der Waals surface area contributed by atoms with Crippen molar-refractivity contribution in [3.63, 3.8) is 0 Å². The predicted molar refractivity (Wildman–Crippen MR) is 92.3 cm³/mol. The quantitative estimate of drug-likeness (QED) is 0.907. The first-order valence-electron chi connectivity index (χ1n) is 8.22. The number of hydrogen-bond acceptors (Lipinski definition) is 4. The maximum atomic E-state index is 13.3. The molecule has 9 heteroatoms. The summed E-state index contributed by atoms with van der Waals surface area (Å²) < 4.78 is 19.6. The topological polar surface area (TPSA) is 79.7 Å². The highest BCUT2D eigenvalue weighted by Gasteiger charge is 2.25. The summed E-state index contributed by atoms with van der Waals surface area (Å²) in [5.74, 6) is 0.207. The zero-order chi connectivity index (χ0) is 18.5. The van der Waals surface area contributed by atoms with Gasteiger partial charge in [0.2, 0.25) is 0 Å². The van der Waals surface area contributed by atoms with Crippen LogP contribution in [0.5, 0.6) is 0 Å².